The summed E-state index contributed by atoms with van der Waals surface area (Å²) in [6, 6.07) is 0. The Morgan fingerprint density at radius 1 is 1.37 bits per heavy atom. The van der Waals surface area contributed by atoms with E-state index in [-0.39, 0.29) is 6.09 Å². The van der Waals surface area contributed by atoms with Gasteiger partial charge >= 0.3 is 6.09 Å². The first-order chi connectivity index (χ1) is 8.81. The van der Waals surface area contributed by atoms with Crippen molar-refractivity contribution in [2.75, 3.05) is 20.2 Å². The maximum Gasteiger partial charge on any atom is 0.410 e. The Balaban J connectivity index is 2.54. The third kappa shape index (κ3) is 6.07. The van der Waals surface area contributed by atoms with Crippen LogP contribution in [-0.2, 0) is 9.47 Å². The van der Waals surface area contributed by atoms with Crippen molar-refractivity contribution in [3.8, 4) is 0 Å². The smallest absolute Gasteiger partial charge is 0.410 e. The first kappa shape index (κ1) is 16.0. The second-order valence-corrected chi connectivity index (χ2v) is 5.77. The molecule has 1 fully saturated rings. The predicted octanol–water partition coefficient (Wildman–Crippen LogP) is 2.30. The average molecular weight is 271 g/mol. The van der Waals surface area contributed by atoms with Gasteiger partial charge in [0.1, 0.15) is 5.60 Å². The van der Waals surface area contributed by atoms with E-state index in [0.717, 1.165) is 24.8 Å². The van der Waals surface area contributed by atoms with Crippen LogP contribution in [-0.4, -0.2) is 48.2 Å². The molecule has 1 aliphatic rings. The zero-order valence-electron chi connectivity index (χ0n) is 12.3. The van der Waals surface area contributed by atoms with Gasteiger partial charge < -0.3 is 19.5 Å². The third-order valence-corrected chi connectivity index (χ3v) is 2.90. The molecule has 1 unspecified atom stereocenters. The maximum atomic E-state index is 12.0. The fourth-order valence-corrected chi connectivity index (χ4v) is 1.96. The van der Waals surface area contributed by atoms with Crippen molar-refractivity contribution < 1.29 is 19.4 Å². The van der Waals surface area contributed by atoms with E-state index in [1.54, 1.807) is 11.0 Å². The molecule has 5 nitrogen and oxygen atoms in total. The predicted molar refractivity (Wildman–Crippen MR) is 72.8 cm³/mol. The number of aliphatic hydroxyl groups excluding tert-OH is 1. The number of methoxy groups -OCH3 is 1. The van der Waals surface area contributed by atoms with Crippen molar-refractivity contribution in [2.24, 2.45) is 0 Å². The molecule has 0 aromatic carbocycles. The summed E-state index contributed by atoms with van der Waals surface area (Å²) in [6.07, 6.45) is 3.10. The highest BCUT2D eigenvalue weighted by molar-refractivity contribution is 5.68. The maximum absolute atomic E-state index is 12.0. The molecule has 0 bridgehead atoms. The van der Waals surface area contributed by atoms with Gasteiger partial charge in [-0.05, 0) is 46.1 Å². The number of amides is 1. The Kier molecular flexibility index (Phi) is 5.82. The van der Waals surface area contributed by atoms with Crippen molar-refractivity contribution >= 4 is 6.09 Å². The number of hydrogen-bond donors (Lipinski definition) is 1. The van der Waals surface area contributed by atoms with Gasteiger partial charge in [-0.1, -0.05) is 5.57 Å². The molecule has 1 atom stereocenters. The quantitative estimate of drug-likeness (QED) is 0.618. The molecule has 0 radical (unpaired) electrons. The largest absolute Gasteiger partial charge is 0.444 e. The fourth-order valence-electron chi connectivity index (χ4n) is 1.96. The number of carbonyl (C=O) groups is 1. The molecule has 5 heteroatoms. The van der Waals surface area contributed by atoms with Gasteiger partial charge in [0.25, 0.3) is 0 Å². The van der Waals surface area contributed by atoms with Crippen LogP contribution in [0, 0.1) is 0 Å². The van der Waals surface area contributed by atoms with E-state index < -0.39 is 11.9 Å². The Hall–Kier alpha value is -1.07. The number of hydrogen-bond acceptors (Lipinski definition) is 4. The Labute approximate surface area is 115 Å². The van der Waals surface area contributed by atoms with E-state index in [0.29, 0.717) is 13.1 Å². The van der Waals surface area contributed by atoms with Gasteiger partial charge in [0.05, 0.1) is 0 Å². The second kappa shape index (κ2) is 6.91. The molecule has 0 aromatic rings. The molecule has 1 saturated heterocycles. The number of likely N-dealkylation sites (tertiary alicyclic amines) is 1. The first-order valence-corrected chi connectivity index (χ1v) is 6.70. The lowest BCUT2D eigenvalue weighted by molar-refractivity contribution is -0.0363. The standard InChI is InChI=1S/C14H25NO4/c1-14(2,3)19-13(17)15-8-5-6-11(7-9-15)10-12(16)18-4/h10,12,16H,5-9H2,1-4H3/b11-10-. The van der Waals surface area contributed by atoms with E-state index in [9.17, 15) is 9.90 Å². The van der Waals surface area contributed by atoms with Gasteiger partial charge in [0.2, 0.25) is 0 Å². The first-order valence-electron chi connectivity index (χ1n) is 6.70. The molecule has 0 saturated carbocycles. The highest BCUT2D eigenvalue weighted by Crippen LogP contribution is 2.19. The molecule has 0 spiro atoms. The molecule has 110 valence electrons. The number of ether oxygens (including phenoxy) is 2. The summed E-state index contributed by atoms with van der Waals surface area (Å²) < 4.78 is 10.2. The molecule has 1 N–H and O–H groups in total. The Morgan fingerprint density at radius 2 is 2.05 bits per heavy atom. The lowest BCUT2D eigenvalue weighted by Gasteiger charge is -2.26. The lowest BCUT2D eigenvalue weighted by Crippen LogP contribution is -2.37. The molecule has 0 aromatic heterocycles. The highest BCUT2D eigenvalue weighted by atomic mass is 16.6. The van der Waals surface area contributed by atoms with Crippen LogP contribution >= 0.6 is 0 Å². The van der Waals surface area contributed by atoms with E-state index in [4.69, 9.17) is 9.47 Å². The number of rotatable bonds is 2. The normalized spacial score (nSPS) is 21.1. The van der Waals surface area contributed by atoms with E-state index in [1.165, 1.54) is 7.11 Å². The number of aliphatic hydroxyl groups is 1. The molecular formula is C14H25NO4. The summed E-state index contributed by atoms with van der Waals surface area (Å²) in [5.74, 6) is 0. The Morgan fingerprint density at radius 3 is 2.63 bits per heavy atom. The van der Waals surface area contributed by atoms with Crippen LogP contribution in [0.1, 0.15) is 40.0 Å². The third-order valence-electron chi connectivity index (χ3n) is 2.90. The summed E-state index contributed by atoms with van der Waals surface area (Å²) in [6.45, 7) is 6.90. The van der Waals surface area contributed by atoms with Gasteiger partial charge in [-0.15, -0.1) is 0 Å². The minimum Gasteiger partial charge on any atom is -0.444 e. The van der Waals surface area contributed by atoms with Crippen LogP contribution in [0.3, 0.4) is 0 Å². The molecular weight excluding hydrogens is 246 g/mol. The van der Waals surface area contributed by atoms with E-state index in [2.05, 4.69) is 0 Å². The van der Waals surface area contributed by atoms with Gasteiger partial charge in [0, 0.05) is 20.2 Å². The van der Waals surface area contributed by atoms with E-state index >= 15 is 0 Å². The lowest BCUT2D eigenvalue weighted by atomic mass is 10.1. The van der Waals surface area contributed by atoms with Crippen LogP contribution in [0.2, 0.25) is 0 Å². The molecule has 1 aliphatic heterocycles. The number of carbonyl (C=O) groups excluding carboxylic acids is 1. The Bertz CT molecular complexity index is 333. The molecule has 1 heterocycles. The fraction of sp³-hybridized carbons (Fsp3) is 0.786. The summed E-state index contributed by atoms with van der Waals surface area (Å²) in [5, 5.41) is 9.43. The van der Waals surface area contributed by atoms with Gasteiger partial charge in [-0.25, -0.2) is 4.79 Å². The van der Waals surface area contributed by atoms with Gasteiger partial charge in [-0.2, -0.15) is 0 Å². The highest BCUT2D eigenvalue weighted by Gasteiger charge is 2.23. The monoisotopic (exact) mass is 271 g/mol. The van der Waals surface area contributed by atoms with Crippen LogP contribution in [0.5, 0.6) is 0 Å². The molecule has 19 heavy (non-hydrogen) atoms. The van der Waals surface area contributed by atoms with Crippen LogP contribution in [0.15, 0.2) is 11.6 Å². The van der Waals surface area contributed by atoms with Crippen molar-refractivity contribution in [3.63, 3.8) is 0 Å². The van der Waals surface area contributed by atoms with Crippen LogP contribution in [0.25, 0.3) is 0 Å². The van der Waals surface area contributed by atoms with Crippen molar-refractivity contribution in [2.45, 2.75) is 51.9 Å². The summed E-state index contributed by atoms with van der Waals surface area (Å²) >= 11 is 0. The summed E-state index contributed by atoms with van der Waals surface area (Å²) in [5.41, 5.74) is 0.661. The van der Waals surface area contributed by atoms with E-state index in [1.807, 2.05) is 20.8 Å². The van der Waals surface area contributed by atoms with Gasteiger partial charge in [-0.3, -0.25) is 0 Å². The van der Waals surface area contributed by atoms with Crippen molar-refractivity contribution in [1.82, 2.24) is 4.90 Å². The molecule has 0 aliphatic carbocycles. The second-order valence-electron chi connectivity index (χ2n) is 5.77. The minimum atomic E-state index is -0.858. The summed E-state index contributed by atoms with van der Waals surface area (Å²) in [7, 11) is 1.46. The molecule has 1 rings (SSSR count). The summed E-state index contributed by atoms with van der Waals surface area (Å²) in [4.78, 5) is 13.7. The minimum absolute atomic E-state index is 0.263. The molecule has 1 amide bonds. The number of nitrogens with zero attached hydrogens (tertiary/aromatic N) is 1. The zero-order chi connectivity index (χ0) is 14.5. The topological polar surface area (TPSA) is 59.0 Å². The average Bonchev–Trinajstić information content (AvgIpc) is 2.52. The van der Waals surface area contributed by atoms with Crippen molar-refractivity contribution in [1.29, 1.82) is 0 Å². The SMILES string of the molecule is COC(O)/C=C1/CCCN(C(=O)OC(C)(C)C)CC1. The van der Waals surface area contributed by atoms with Crippen molar-refractivity contribution in [3.05, 3.63) is 11.6 Å². The van der Waals surface area contributed by atoms with Gasteiger partial charge in [0.15, 0.2) is 6.29 Å². The van der Waals surface area contributed by atoms with Crippen LogP contribution in [0.4, 0.5) is 4.79 Å². The van der Waals surface area contributed by atoms with Crippen LogP contribution < -0.4 is 0 Å². The zero-order valence-corrected chi connectivity index (χ0v) is 12.3.